The molecule has 0 atom stereocenters. The van der Waals surface area contributed by atoms with E-state index in [1.165, 1.54) is 6.20 Å². The van der Waals surface area contributed by atoms with E-state index in [0.717, 1.165) is 16.8 Å². The molecule has 134 valence electrons. The summed E-state index contributed by atoms with van der Waals surface area (Å²) in [6.45, 7) is 0. The third-order valence-corrected chi connectivity index (χ3v) is 4.74. The predicted octanol–water partition coefficient (Wildman–Crippen LogP) is 5.32. The van der Waals surface area contributed by atoms with Gasteiger partial charge in [0.25, 0.3) is 0 Å². The number of benzene rings is 1. The molecule has 0 aliphatic heterocycles. The first-order valence-electron chi connectivity index (χ1n) is 8.08. The summed E-state index contributed by atoms with van der Waals surface area (Å²) in [7, 11) is 0. The van der Waals surface area contributed by atoms with Crippen molar-refractivity contribution in [2.75, 3.05) is 16.4 Å². The van der Waals surface area contributed by atoms with Gasteiger partial charge in [-0.15, -0.1) is 0 Å². The lowest BCUT2D eigenvalue weighted by Crippen LogP contribution is -2.02. The SMILES string of the molecule is Nc1ccc(Nc2nc(Nc3ccc(-c4ccsc4)cn3)ncc2Cl)cc1. The third kappa shape index (κ3) is 4.16. The summed E-state index contributed by atoms with van der Waals surface area (Å²) in [5.41, 5.74) is 9.43. The Bertz CT molecular complexity index is 1030. The standard InChI is InChI=1S/C19H15ClN6S/c20-16-10-23-19(26-18(16)24-15-4-2-14(21)3-5-15)25-17-6-1-12(9-22-17)13-7-8-27-11-13/h1-11H,21H2,(H2,22,23,24,25,26). The van der Waals surface area contributed by atoms with Gasteiger partial charge in [0.15, 0.2) is 5.82 Å². The monoisotopic (exact) mass is 394 g/mol. The fourth-order valence-electron chi connectivity index (χ4n) is 2.40. The number of halogens is 1. The Hall–Kier alpha value is -3.16. The Morgan fingerprint density at radius 2 is 1.74 bits per heavy atom. The molecular formula is C19H15ClN6S. The lowest BCUT2D eigenvalue weighted by atomic mass is 10.1. The van der Waals surface area contributed by atoms with Crippen LogP contribution in [0.25, 0.3) is 11.1 Å². The van der Waals surface area contributed by atoms with Crippen LogP contribution in [-0.2, 0) is 0 Å². The summed E-state index contributed by atoms with van der Waals surface area (Å²) >= 11 is 7.86. The lowest BCUT2D eigenvalue weighted by Gasteiger charge is -2.10. The quantitative estimate of drug-likeness (QED) is 0.397. The molecule has 0 aliphatic rings. The summed E-state index contributed by atoms with van der Waals surface area (Å²) in [6, 6.07) is 13.3. The van der Waals surface area contributed by atoms with Crippen molar-refractivity contribution in [3.8, 4) is 11.1 Å². The zero-order valence-corrected chi connectivity index (χ0v) is 15.6. The minimum atomic E-state index is 0.396. The minimum Gasteiger partial charge on any atom is -0.399 e. The summed E-state index contributed by atoms with van der Waals surface area (Å²) in [5, 5.41) is 10.8. The number of hydrogen-bond acceptors (Lipinski definition) is 7. The number of aromatic nitrogens is 3. The van der Waals surface area contributed by atoms with Crippen LogP contribution in [0.15, 0.2) is 65.6 Å². The normalized spacial score (nSPS) is 10.6. The van der Waals surface area contributed by atoms with E-state index in [1.807, 2.05) is 35.8 Å². The number of nitrogens with zero attached hydrogens (tertiary/aromatic N) is 3. The molecule has 6 nitrogen and oxygen atoms in total. The predicted molar refractivity (Wildman–Crippen MR) is 112 cm³/mol. The molecule has 0 saturated carbocycles. The van der Waals surface area contributed by atoms with E-state index >= 15 is 0 Å². The number of pyridine rings is 1. The summed E-state index contributed by atoms with van der Waals surface area (Å²) in [6.07, 6.45) is 3.35. The zero-order chi connectivity index (χ0) is 18.6. The van der Waals surface area contributed by atoms with Crippen molar-refractivity contribution in [2.45, 2.75) is 0 Å². The second kappa shape index (κ2) is 7.61. The molecular weight excluding hydrogens is 380 g/mol. The molecule has 0 aliphatic carbocycles. The van der Waals surface area contributed by atoms with Crippen LogP contribution in [0.3, 0.4) is 0 Å². The number of nitrogens with one attached hydrogen (secondary N) is 2. The van der Waals surface area contributed by atoms with Crippen LogP contribution in [0.4, 0.5) is 29.0 Å². The first kappa shape index (κ1) is 17.3. The second-order valence-electron chi connectivity index (χ2n) is 5.71. The molecule has 27 heavy (non-hydrogen) atoms. The van der Waals surface area contributed by atoms with Gasteiger partial charge in [0, 0.05) is 23.1 Å². The molecule has 0 fully saturated rings. The van der Waals surface area contributed by atoms with Gasteiger partial charge in [-0.05, 0) is 58.8 Å². The van der Waals surface area contributed by atoms with E-state index < -0.39 is 0 Å². The maximum atomic E-state index is 6.20. The van der Waals surface area contributed by atoms with E-state index in [-0.39, 0.29) is 0 Å². The molecule has 0 spiro atoms. The Morgan fingerprint density at radius 3 is 2.44 bits per heavy atom. The number of thiophene rings is 1. The molecule has 3 heterocycles. The molecule has 0 bridgehead atoms. The highest BCUT2D eigenvalue weighted by molar-refractivity contribution is 7.08. The smallest absolute Gasteiger partial charge is 0.230 e. The van der Waals surface area contributed by atoms with E-state index in [4.69, 9.17) is 17.3 Å². The average Bonchev–Trinajstić information content (AvgIpc) is 3.22. The molecule has 0 radical (unpaired) electrons. The minimum absolute atomic E-state index is 0.396. The molecule has 0 amide bonds. The van der Waals surface area contributed by atoms with Gasteiger partial charge in [0.1, 0.15) is 10.8 Å². The Morgan fingerprint density at radius 1 is 0.889 bits per heavy atom. The molecule has 0 unspecified atom stereocenters. The molecule has 3 aromatic heterocycles. The number of nitrogens with two attached hydrogens (primary N) is 1. The van der Waals surface area contributed by atoms with Gasteiger partial charge in [-0.1, -0.05) is 11.6 Å². The van der Waals surface area contributed by atoms with Crippen molar-refractivity contribution in [3.05, 3.63) is 70.6 Å². The fraction of sp³-hybridized carbons (Fsp3) is 0. The van der Waals surface area contributed by atoms with Gasteiger partial charge in [-0.2, -0.15) is 16.3 Å². The topological polar surface area (TPSA) is 88.8 Å². The summed E-state index contributed by atoms with van der Waals surface area (Å²) < 4.78 is 0. The molecule has 0 saturated heterocycles. The first-order valence-corrected chi connectivity index (χ1v) is 9.40. The van der Waals surface area contributed by atoms with Crippen LogP contribution in [-0.4, -0.2) is 15.0 Å². The van der Waals surface area contributed by atoms with Crippen molar-refractivity contribution < 1.29 is 0 Å². The van der Waals surface area contributed by atoms with Gasteiger partial charge >= 0.3 is 0 Å². The van der Waals surface area contributed by atoms with Crippen molar-refractivity contribution in [1.29, 1.82) is 0 Å². The third-order valence-electron chi connectivity index (χ3n) is 3.78. The van der Waals surface area contributed by atoms with E-state index in [2.05, 4.69) is 37.0 Å². The number of nitrogen functional groups attached to an aromatic ring is 1. The van der Waals surface area contributed by atoms with Crippen LogP contribution in [0.1, 0.15) is 0 Å². The van der Waals surface area contributed by atoms with Gasteiger partial charge in [0.2, 0.25) is 5.95 Å². The Labute approximate surface area is 165 Å². The van der Waals surface area contributed by atoms with E-state index in [0.29, 0.717) is 28.3 Å². The van der Waals surface area contributed by atoms with Crippen molar-refractivity contribution >= 4 is 51.9 Å². The van der Waals surface area contributed by atoms with Gasteiger partial charge in [0.05, 0.1) is 6.20 Å². The van der Waals surface area contributed by atoms with Gasteiger partial charge in [-0.25, -0.2) is 9.97 Å². The maximum absolute atomic E-state index is 6.20. The highest BCUT2D eigenvalue weighted by Crippen LogP contribution is 2.26. The number of hydrogen-bond donors (Lipinski definition) is 3. The lowest BCUT2D eigenvalue weighted by molar-refractivity contribution is 1.15. The highest BCUT2D eigenvalue weighted by atomic mass is 35.5. The molecule has 4 N–H and O–H groups in total. The first-order chi connectivity index (χ1) is 13.2. The van der Waals surface area contributed by atoms with Crippen LogP contribution >= 0.6 is 22.9 Å². The zero-order valence-electron chi connectivity index (χ0n) is 14.1. The Kier molecular flexibility index (Phi) is 4.86. The van der Waals surface area contributed by atoms with Crippen LogP contribution < -0.4 is 16.4 Å². The summed E-state index contributed by atoms with van der Waals surface area (Å²) in [4.78, 5) is 13.1. The second-order valence-corrected chi connectivity index (χ2v) is 6.89. The highest BCUT2D eigenvalue weighted by Gasteiger charge is 2.07. The van der Waals surface area contributed by atoms with Crippen molar-refractivity contribution in [2.24, 2.45) is 0 Å². The fourth-order valence-corrected chi connectivity index (χ4v) is 3.20. The molecule has 1 aromatic carbocycles. The maximum Gasteiger partial charge on any atom is 0.230 e. The molecule has 8 heteroatoms. The van der Waals surface area contributed by atoms with E-state index in [9.17, 15) is 0 Å². The average molecular weight is 395 g/mol. The number of anilines is 5. The van der Waals surface area contributed by atoms with Gasteiger partial charge in [-0.3, -0.25) is 0 Å². The largest absolute Gasteiger partial charge is 0.399 e. The Balaban J connectivity index is 1.51. The van der Waals surface area contributed by atoms with Crippen molar-refractivity contribution in [3.63, 3.8) is 0 Å². The molecule has 4 aromatic rings. The van der Waals surface area contributed by atoms with E-state index in [1.54, 1.807) is 23.5 Å². The molecule has 4 rings (SSSR count). The summed E-state index contributed by atoms with van der Waals surface area (Å²) in [5.74, 6) is 1.54. The number of rotatable bonds is 5. The van der Waals surface area contributed by atoms with Crippen LogP contribution in [0.5, 0.6) is 0 Å². The van der Waals surface area contributed by atoms with Crippen molar-refractivity contribution in [1.82, 2.24) is 15.0 Å². The van der Waals surface area contributed by atoms with Gasteiger partial charge < -0.3 is 16.4 Å². The van der Waals surface area contributed by atoms with Crippen LogP contribution in [0.2, 0.25) is 5.02 Å². The van der Waals surface area contributed by atoms with Crippen LogP contribution in [0, 0.1) is 0 Å².